The minimum absolute atomic E-state index is 0.103. The van der Waals surface area contributed by atoms with E-state index < -0.39 is 6.10 Å². The number of ether oxygens (including phenoxy) is 3. The summed E-state index contributed by atoms with van der Waals surface area (Å²) < 4.78 is 16.9. The maximum Gasteiger partial charge on any atom is 0.306 e. The van der Waals surface area contributed by atoms with Gasteiger partial charge in [-0.25, -0.2) is 0 Å². The molecule has 0 aliphatic rings. The highest BCUT2D eigenvalue weighted by Gasteiger charge is 2.19. The Labute approximate surface area is 499 Å². The second-order valence-corrected chi connectivity index (χ2v) is 21.3. The van der Waals surface area contributed by atoms with Crippen LogP contribution in [0.1, 0.15) is 278 Å². The summed E-state index contributed by atoms with van der Waals surface area (Å²) in [6, 6.07) is 0. The van der Waals surface area contributed by atoms with Crippen LogP contribution >= 0.6 is 0 Å². The average Bonchev–Trinajstić information content (AvgIpc) is 3.47. The molecule has 0 fully saturated rings. The number of hydrogen-bond acceptors (Lipinski definition) is 6. The van der Waals surface area contributed by atoms with Crippen molar-refractivity contribution in [3.05, 3.63) is 158 Å². The third-order valence-corrected chi connectivity index (χ3v) is 13.5. The van der Waals surface area contributed by atoms with Crippen LogP contribution in [0.2, 0.25) is 0 Å². The third-order valence-electron chi connectivity index (χ3n) is 13.5. The van der Waals surface area contributed by atoms with E-state index in [1.165, 1.54) is 70.6 Å². The highest BCUT2D eigenvalue weighted by Crippen LogP contribution is 2.15. The fraction of sp³-hybridized carbons (Fsp3) is 0.613. The summed E-state index contributed by atoms with van der Waals surface area (Å²) in [5.41, 5.74) is 0. The number of esters is 3. The van der Waals surface area contributed by atoms with Crippen LogP contribution in [0.15, 0.2) is 158 Å². The van der Waals surface area contributed by atoms with E-state index in [9.17, 15) is 14.4 Å². The van der Waals surface area contributed by atoms with Gasteiger partial charge in [0.1, 0.15) is 13.2 Å². The Morgan fingerprint density at radius 1 is 0.259 bits per heavy atom. The van der Waals surface area contributed by atoms with E-state index in [0.29, 0.717) is 19.3 Å². The van der Waals surface area contributed by atoms with Gasteiger partial charge in [-0.1, -0.05) is 269 Å². The number of hydrogen-bond donors (Lipinski definition) is 0. The van der Waals surface area contributed by atoms with E-state index in [0.717, 1.165) is 167 Å². The molecule has 0 N–H and O–H groups in total. The van der Waals surface area contributed by atoms with Crippen LogP contribution in [0.4, 0.5) is 0 Å². The largest absolute Gasteiger partial charge is 0.462 e. The van der Waals surface area contributed by atoms with E-state index in [-0.39, 0.29) is 31.1 Å². The SMILES string of the molecule is CC/C=C\C/C=C\C/C=C\C/C=C\C/C=C\C/C=C\CCCCCCC(=O)OCC(COC(=O)CCCCCCCC/C=C\C/C=C\C/C=C\CCCCC)OC(=O)CCCCCCCCCC/C=C\C/C=C\C/C=C\C/C=C\CC. The molecule has 6 nitrogen and oxygen atoms in total. The lowest BCUT2D eigenvalue weighted by Gasteiger charge is -2.18. The van der Waals surface area contributed by atoms with E-state index >= 15 is 0 Å². The summed E-state index contributed by atoms with van der Waals surface area (Å²) in [7, 11) is 0. The molecule has 1 atom stereocenters. The van der Waals surface area contributed by atoms with E-state index in [1.807, 2.05) is 0 Å². The number of unbranched alkanes of at least 4 members (excludes halogenated alkanes) is 21. The highest BCUT2D eigenvalue weighted by molar-refractivity contribution is 5.71. The fourth-order valence-corrected chi connectivity index (χ4v) is 8.62. The standard InChI is InChI=1S/C75H120O6/c1-4-7-10-13-16-19-22-25-28-31-34-36-37-39-41-44-47-50-53-56-59-62-65-68-74(77)80-71-72(70-79-73(76)67-64-61-58-55-52-49-46-43-40-33-30-27-24-21-18-15-12-9-6-3)81-75(78)69-66-63-60-57-54-51-48-45-42-38-35-32-29-26-23-20-17-14-11-8-5-2/h7-8,10-11,16-21,25-30,34-36,38-41,43,47,50,72H,4-6,9,12-15,22-24,31-33,37,42,44-46,48-49,51-71H2,1-3H3/b10-7-,11-8-,19-16-,20-17-,21-18-,28-25-,29-26-,30-27-,36-34-,38-35-,41-39-,43-40-,50-47-. The molecule has 1 unspecified atom stereocenters. The molecule has 0 aromatic carbocycles. The lowest BCUT2D eigenvalue weighted by Crippen LogP contribution is -2.30. The van der Waals surface area contributed by atoms with Crippen LogP contribution in [0.25, 0.3) is 0 Å². The molecule has 6 heteroatoms. The smallest absolute Gasteiger partial charge is 0.306 e. The Balaban J connectivity index is 4.51. The molecule has 0 saturated carbocycles. The maximum absolute atomic E-state index is 12.9. The minimum atomic E-state index is -0.809. The number of carbonyl (C=O) groups excluding carboxylic acids is 3. The van der Waals surface area contributed by atoms with Gasteiger partial charge in [-0.2, -0.15) is 0 Å². The zero-order valence-corrected chi connectivity index (χ0v) is 52.2. The zero-order chi connectivity index (χ0) is 58.5. The molecular weight excluding hydrogens is 997 g/mol. The normalized spacial score (nSPS) is 13.2. The Morgan fingerprint density at radius 2 is 0.481 bits per heavy atom. The molecule has 0 bridgehead atoms. The molecule has 81 heavy (non-hydrogen) atoms. The van der Waals surface area contributed by atoms with Crippen molar-refractivity contribution < 1.29 is 28.6 Å². The van der Waals surface area contributed by atoms with Gasteiger partial charge < -0.3 is 14.2 Å². The van der Waals surface area contributed by atoms with Crippen molar-refractivity contribution in [3.63, 3.8) is 0 Å². The molecule has 0 saturated heterocycles. The first-order chi connectivity index (χ1) is 40.0. The zero-order valence-electron chi connectivity index (χ0n) is 52.2. The second kappa shape index (κ2) is 67.5. The van der Waals surface area contributed by atoms with Gasteiger partial charge in [0.2, 0.25) is 0 Å². The first-order valence-corrected chi connectivity index (χ1v) is 33.0. The summed E-state index contributed by atoms with van der Waals surface area (Å²) in [5, 5.41) is 0. The van der Waals surface area contributed by atoms with E-state index in [4.69, 9.17) is 14.2 Å². The molecular formula is C75H120O6. The molecule has 0 aliphatic carbocycles. The highest BCUT2D eigenvalue weighted by atomic mass is 16.6. The lowest BCUT2D eigenvalue weighted by molar-refractivity contribution is -0.167. The van der Waals surface area contributed by atoms with Crippen LogP contribution < -0.4 is 0 Å². The van der Waals surface area contributed by atoms with E-state index in [1.54, 1.807) is 0 Å². The number of rotatable bonds is 58. The van der Waals surface area contributed by atoms with E-state index in [2.05, 4.69) is 179 Å². The molecule has 0 rings (SSSR count). The van der Waals surface area contributed by atoms with Gasteiger partial charge in [-0.05, 0) is 148 Å². The van der Waals surface area contributed by atoms with Gasteiger partial charge in [0.05, 0.1) is 0 Å². The van der Waals surface area contributed by atoms with Crippen molar-refractivity contribution in [2.75, 3.05) is 13.2 Å². The van der Waals surface area contributed by atoms with Gasteiger partial charge in [-0.15, -0.1) is 0 Å². The monoisotopic (exact) mass is 1120 g/mol. The average molecular weight is 1120 g/mol. The van der Waals surface area contributed by atoms with Crippen molar-refractivity contribution in [1.29, 1.82) is 0 Å². The predicted molar refractivity (Wildman–Crippen MR) is 352 cm³/mol. The van der Waals surface area contributed by atoms with Crippen molar-refractivity contribution in [3.8, 4) is 0 Å². The van der Waals surface area contributed by atoms with Gasteiger partial charge in [-0.3, -0.25) is 14.4 Å². The molecule has 0 spiro atoms. The number of carbonyl (C=O) groups is 3. The van der Waals surface area contributed by atoms with Gasteiger partial charge >= 0.3 is 17.9 Å². The van der Waals surface area contributed by atoms with Crippen molar-refractivity contribution in [1.82, 2.24) is 0 Å². The first-order valence-electron chi connectivity index (χ1n) is 33.0. The molecule has 0 heterocycles. The predicted octanol–water partition coefficient (Wildman–Crippen LogP) is 22.9. The Hall–Kier alpha value is -4.97. The van der Waals surface area contributed by atoms with Gasteiger partial charge in [0.25, 0.3) is 0 Å². The second-order valence-electron chi connectivity index (χ2n) is 21.3. The van der Waals surface area contributed by atoms with Crippen LogP contribution in [-0.2, 0) is 28.6 Å². The molecule has 0 aromatic heterocycles. The van der Waals surface area contributed by atoms with Crippen LogP contribution in [-0.4, -0.2) is 37.2 Å². The molecule has 0 amide bonds. The van der Waals surface area contributed by atoms with Crippen molar-refractivity contribution >= 4 is 17.9 Å². The van der Waals surface area contributed by atoms with Gasteiger partial charge in [0.15, 0.2) is 6.10 Å². The topological polar surface area (TPSA) is 78.9 Å². The van der Waals surface area contributed by atoms with Crippen LogP contribution in [0.3, 0.4) is 0 Å². The molecule has 0 radical (unpaired) electrons. The lowest BCUT2D eigenvalue weighted by atomic mass is 10.1. The Kier molecular flexibility index (Phi) is 63.4. The summed E-state index contributed by atoms with van der Waals surface area (Å²) in [6.45, 7) is 6.35. The summed E-state index contributed by atoms with van der Waals surface area (Å²) >= 11 is 0. The Morgan fingerprint density at radius 3 is 0.753 bits per heavy atom. The molecule has 0 aromatic rings. The molecule has 0 aliphatic heterocycles. The van der Waals surface area contributed by atoms with Crippen molar-refractivity contribution in [2.45, 2.75) is 284 Å². The summed E-state index contributed by atoms with van der Waals surface area (Å²) in [6.07, 6.45) is 98.1. The maximum atomic E-state index is 12.9. The third kappa shape index (κ3) is 65.7. The quantitative estimate of drug-likeness (QED) is 0.0261. The minimum Gasteiger partial charge on any atom is -0.462 e. The first kappa shape index (κ1) is 76.0. The Bertz CT molecular complexity index is 1810. The van der Waals surface area contributed by atoms with Crippen molar-refractivity contribution in [2.24, 2.45) is 0 Å². The fourth-order valence-electron chi connectivity index (χ4n) is 8.62. The molecule has 456 valence electrons. The van der Waals surface area contributed by atoms with Crippen LogP contribution in [0.5, 0.6) is 0 Å². The van der Waals surface area contributed by atoms with Gasteiger partial charge in [0, 0.05) is 19.3 Å². The van der Waals surface area contributed by atoms with Crippen LogP contribution in [0, 0.1) is 0 Å². The summed E-state index contributed by atoms with van der Waals surface area (Å²) in [4.78, 5) is 38.4. The number of allylic oxidation sites excluding steroid dienone is 26. The summed E-state index contributed by atoms with van der Waals surface area (Å²) in [5.74, 6) is -0.948.